The van der Waals surface area contributed by atoms with Crippen LogP contribution in [0.2, 0.25) is 0 Å². The molecule has 1 saturated carbocycles. The number of hydrogen-bond acceptors (Lipinski definition) is 3. The summed E-state index contributed by atoms with van der Waals surface area (Å²) in [5.41, 5.74) is 0.193. The standard InChI is InChI=1S/C18H32N2S/c1-14-8-6-7-9-17(14)20(5)13-16-11-10-15(21-16)12-19-18(2,3)4/h10-11,14,17,19H,6-9,12-13H2,1-5H3. The quantitative estimate of drug-likeness (QED) is 0.852. The molecular formula is C18H32N2S. The Kier molecular flexibility index (Phi) is 5.87. The molecule has 2 unspecified atom stereocenters. The predicted octanol–water partition coefficient (Wildman–Crippen LogP) is 4.65. The summed E-state index contributed by atoms with van der Waals surface area (Å²) in [6.07, 6.45) is 5.61. The second kappa shape index (κ2) is 7.26. The first-order valence-electron chi connectivity index (χ1n) is 8.38. The molecule has 1 heterocycles. The molecule has 2 atom stereocenters. The van der Waals surface area contributed by atoms with Gasteiger partial charge in [0.1, 0.15) is 0 Å². The molecule has 0 aliphatic heterocycles. The first-order chi connectivity index (χ1) is 9.85. The molecule has 2 nitrogen and oxygen atoms in total. The molecule has 1 aliphatic carbocycles. The van der Waals surface area contributed by atoms with E-state index in [1.165, 1.54) is 35.4 Å². The molecule has 21 heavy (non-hydrogen) atoms. The van der Waals surface area contributed by atoms with Crippen molar-refractivity contribution in [2.24, 2.45) is 5.92 Å². The molecule has 0 spiro atoms. The molecule has 1 fully saturated rings. The molecule has 0 saturated heterocycles. The molecule has 0 aromatic carbocycles. The van der Waals surface area contributed by atoms with Crippen molar-refractivity contribution in [3.8, 4) is 0 Å². The molecule has 1 aromatic heterocycles. The Hall–Kier alpha value is -0.380. The minimum Gasteiger partial charge on any atom is -0.307 e. The Morgan fingerprint density at radius 1 is 1.19 bits per heavy atom. The van der Waals surface area contributed by atoms with Gasteiger partial charge in [-0.2, -0.15) is 0 Å². The normalized spacial score (nSPS) is 23.7. The van der Waals surface area contributed by atoms with Crippen molar-refractivity contribution in [3.05, 3.63) is 21.9 Å². The van der Waals surface area contributed by atoms with Crippen molar-refractivity contribution in [1.82, 2.24) is 10.2 Å². The molecule has 2 rings (SSSR count). The lowest BCUT2D eigenvalue weighted by Gasteiger charge is -2.36. The van der Waals surface area contributed by atoms with Crippen molar-refractivity contribution in [3.63, 3.8) is 0 Å². The van der Waals surface area contributed by atoms with Crippen LogP contribution in [0.3, 0.4) is 0 Å². The summed E-state index contributed by atoms with van der Waals surface area (Å²) in [6, 6.07) is 5.38. The van der Waals surface area contributed by atoms with Crippen molar-refractivity contribution >= 4 is 11.3 Å². The molecule has 120 valence electrons. The van der Waals surface area contributed by atoms with Gasteiger partial charge in [-0.05, 0) is 58.7 Å². The van der Waals surface area contributed by atoms with Gasteiger partial charge in [-0.3, -0.25) is 4.90 Å². The lowest BCUT2D eigenvalue weighted by atomic mass is 9.85. The van der Waals surface area contributed by atoms with Crippen molar-refractivity contribution < 1.29 is 0 Å². The largest absolute Gasteiger partial charge is 0.307 e. The van der Waals surface area contributed by atoms with Gasteiger partial charge in [0, 0.05) is 34.4 Å². The molecule has 1 N–H and O–H groups in total. The van der Waals surface area contributed by atoms with E-state index in [-0.39, 0.29) is 5.54 Å². The Morgan fingerprint density at radius 2 is 1.86 bits per heavy atom. The maximum Gasteiger partial charge on any atom is 0.0328 e. The highest BCUT2D eigenvalue weighted by Crippen LogP contribution is 2.29. The maximum atomic E-state index is 3.57. The summed E-state index contributed by atoms with van der Waals surface area (Å²) >= 11 is 1.96. The van der Waals surface area contributed by atoms with Crippen molar-refractivity contribution in [1.29, 1.82) is 0 Å². The number of thiophene rings is 1. The van der Waals surface area contributed by atoms with Crippen LogP contribution in [0.25, 0.3) is 0 Å². The zero-order chi connectivity index (χ0) is 15.5. The Balaban J connectivity index is 1.86. The number of rotatable bonds is 5. The fourth-order valence-electron chi connectivity index (χ4n) is 3.27. The topological polar surface area (TPSA) is 15.3 Å². The monoisotopic (exact) mass is 308 g/mol. The summed E-state index contributed by atoms with van der Waals surface area (Å²) in [5.74, 6) is 0.853. The summed E-state index contributed by atoms with van der Waals surface area (Å²) in [7, 11) is 2.30. The lowest BCUT2D eigenvalue weighted by Crippen LogP contribution is -2.38. The summed E-state index contributed by atoms with van der Waals surface area (Å²) in [4.78, 5) is 5.53. The van der Waals surface area contributed by atoms with Crippen LogP contribution in [0.15, 0.2) is 12.1 Å². The number of nitrogens with one attached hydrogen (secondary N) is 1. The van der Waals surface area contributed by atoms with E-state index < -0.39 is 0 Å². The average Bonchev–Trinajstić information content (AvgIpc) is 2.83. The summed E-state index contributed by atoms with van der Waals surface area (Å²) < 4.78 is 0. The molecule has 0 amide bonds. The van der Waals surface area contributed by atoms with Crippen LogP contribution in [-0.2, 0) is 13.1 Å². The Morgan fingerprint density at radius 3 is 2.52 bits per heavy atom. The average molecular weight is 309 g/mol. The number of nitrogens with zero attached hydrogens (tertiary/aromatic N) is 1. The van der Waals surface area contributed by atoms with Gasteiger partial charge in [0.25, 0.3) is 0 Å². The van der Waals surface area contributed by atoms with E-state index >= 15 is 0 Å². The third-order valence-electron chi connectivity index (χ3n) is 4.55. The first-order valence-corrected chi connectivity index (χ1v) is 9.19. The SMILES string of the molecule is CC1CCCCC1N(C)Cc1ccc(CNC(C)(C)C)s1. The molecular weight excluding hydrogens is 276 g/mol. The van der Waals surface area contributed by atoms with Gasteiger partial charge < -0.3 is 5.32 Å². The summed E-state index contributed by atoms with van der Waals surface area (Å²) in [5, 5.41) is 3.57. The minimum atomic E-state index is 0.193. The van der Waals surface area contributed by atoms with Crippen molar-refractivity contribution in [2.75, 3.05) is 7.05 Å². The van der Waals surface area contributed by atoms with Gasteiger partial charge in [0.2, 0.25) is 0 Å². The Labute approximate surface area is 134 Å². The van der Waals surface area contributed by atoms with Gasteiger partial charge in [-0.25, -0.2) is 0 Å². The second-order valence-electron chi connectivity index (χ2n) is 7.72. The van der Waals surface area contributed by atoms with E-state index in [0.717, 1.165) is 25.0 Å². The van der Waals surface area contributed by atoms with Gasteiger partial charge >= 0.3 is 0 Å². The highest BCUT2D eigenvalue weighted by atomic mass is 32.1. The highest BCUT2D eigenvalue weighted by Gasteiger charge is 2.25. The highest BCUT2D eigenvalue weighted by molar-refractivity contribution is 7.11. The molecule has 1 aliphatic rings. The van der Waals surface area contributed by atoms with Crippen LogP contribution >= 0.6 is 11.3 Å². The molecule has 3 heteroatoms. The summed E-state index contributed by atoms with van der Waals surface area (Å²) in [6.45, 7) is 11.2. The van der Waals surface area contributed by atoms with Crippen LogP contribution in [0.4, 0.5) is 0 Å². The van der Waals surface area contributed by atoms with Crippen LogP contribution in [0, 0.1) is 5.92 Å². The zero-order valence-electron chi connectivity index (χ0n) is 14.4. The van der Waals surface area contributed by atoms with Crippen LogP contribution in [0.5, 0.6) is 0 Å². The fraction of sp³-hybridized carbons (Fsp3) is 0.778. The smallest absolute Gasteiger partial charge is 0.0328 e. The second-order valence-corrected chi connectivity index (χ2v) is 8.97. The van der Waals surface area contributed by atoms with Crippen LogP contribution in [-0.4, -0.2) is 23.5 Å². The predicted molar refractivity (Wildman–Crippen MR) is 93.8 cm³/mol. The molecule has 0 radical (unpaired) electrons. The lowest BCUT2D eigenvalue weighted by molar-refractivity contribution is 0.134. The van der Waals surface area contributed by atoms with Gasteiger partial charge in [0.05, 0.1) is 0 Å². The van der Waals surface area contributed by atoms with E-state index in [1.807, 2.05) is 11.3 Å². The first kappa shape index (κ1) is 17.0. The zero-order valence-corrected chi connectivity index (χ0v) is 15.2. The van der Waals surface area contributed by atoms with E-state index in [9.17, 15) is 0 Å². The fourth-order valence-corrected chi connectivity index (χ4v) is 4.29. The van der Waals surface area contributed by atoms with Crippen LogP contribution < -0.4 is 5.32 Å². The van der Waals surface area contributed by atoms with Crippen LogP contribution in [0.1, 0.15) is 63.1 Å². The van der Waals surface area contributed by atoms with E-state index in [0.29, 0.717) is 0 Å². The molecule has 0 bridgehead atoms. The minimum absolute atomic E-state index is 0.193. The van der Waals surface area contributed by atoms with E-state index in [4.69, 9.17) is 0 Å². The maximum absolute atomic E-state index is 3.57. The van der Waals surface area contributed by atoms with E-state index in [2.05, 4.69) is 57.1 Å². The molecule has 1 aromatic rings. The Bertz CT molecular complexity index is 433. The van der Waals surface area contributed by atoms with Crippen molar-refractivity contribution in [2.45, 2.75) is 78.0 Å². The van der Waals surface area contributed by atoms with E-state index in [1.54, 1.807) is 0 Å². The van der Waals surface area contributed by atoms with Gasteiger partial charge in [0.15, 0.2) is 0 Å². The van der Waals surface area contributed by atoms with Gasteiger partial charge in [-0.1, -0.05) is 19.8 Å². The third-order valence-corrected chi connectivity index (χ3v) is 5.62. The third kappa shape index (κ3) is 5.39. The van der Waals surface area contributed by atoms with Gasteiger partial charge in [-0.15, -0.1) is 11.3 Å². The number of hydrogen-bond donors (Lipinski definition) is 1.